The number of aromatic amines is 1. The van der Waals surface area contributed by atoms with Crippen LogP contribution in [0, 0.1) is 17.1 Å². The molecule has 0 atom stereocenters. The van der Waals surface area contributed by atoms with Gasteiger partial charge in [0, 0.05) is 11.6 Å². The Labute approximate surface area is 206 Å². The first-order valence-electron chi connectivity index (χ1n) is 10.3. The molecule has 2 heterocycles. The van der Waals surface area contributed by atoms with Gasteiger partial charge in [0.05, 0.1) is 17.3 Å². The first kappa shape index (κ1) is 24.4. The monoisotopic (exact) mass is 500 g/mol. The summed E-state index contributed by atoms with van der Waals surface area (Å²) < 4.78 is 24.3. The topological polar surface area (TPSA) is 161 Å². The van der Waals surface area contributed by atoms with E-state index in [1.54, 1.807) is 29.3 Å². The number of nitriles is 1. The number of benzene rings is 2. The number of pyridine rings is 1. The number of H-pyrrole nitrogens is 1. The lowest BCUT2D eigenvalue weighted by Crippen LogP contribution is -2.35. The second-order valence-electron chi connectivity index (χ2n) is 7.25. The number of nitrogens with one attached hydrogen (secondary N) is 1. The molecule has 0 aliphatic carbocycles. The number of rotatable bonds is 5. The van der Waals surface area contributed by atoms with Gasteiger partial charge in [-0.1, -0.05) is 24.3 Å². The van der Waals surface area contributed by atoms with Crippen LogP contribution in [0.3, 0.4) is 0 Å². The van der Waals surface area contributed by atoms with E-state index in [1.807, 2.05) is 0 Å². The van der Waals surface area contributed by atoms with Crippen molar-refractivity contribution in [1.82, 2.24) is 14.5 Å². The molecule has 0 saturated carbocycles. The molecule has 4 aromatic rings. The van der Waals surface area contributed by atoms with Gasteiger partial charge in [-0.05, 0) is 36.4 Å². The molecule has 4 rings (SSSR count). The van der Waals surface area contributed by atoms with Gasteiger partial charge >= 0.3 is 17.6 Å². The Morgan fingerprint density at radius 2 is 1.57 bits per heavy atom. The van der Waals surface area contributed by atoms with Crippen molar-refractivity contribution >= 4 is 17.8 Å². The first-order chi connectivity index (χ1) is 17.8. The minimum atomic E-state index is -1.36. The van der Waals surface area contributed by atoms with Crippen molar-refractivity contribution in [3.8, 4) is 17.8 Å². The number of hydrogen-bond acceptors (Lipinski definition) is 9. The van der Waals surface area contributed by atoms with Crippen LogP contribution < -0.4 is 20.7 Å². The van der Waals surface area contributed by atoms with Crippen molar-refractivity contribution in [3.63, 3.8) is 0 Å². The Morgan fingerprint density at radius 3 is 2.30 bits per heavy atom. The SMILES string of the molecule is N#Cc1ccc(OC(=O)c2ccccc2)nc1OC(=O)c1cccc(C(=O)n2cc(F)c(=O)[nH]c2=O)c1. The van der Waals surface area contributed by atoms with Crippen LogP contribution in [0.5, 0.6) is 11.8 Å². The lowest BCUT2D eigenvalue weighted by atomic mass is 10.1. The van der Waals surface area contributed by atoms with E-state index in [-0.39, 0.29) is 28.1 Å². The second-order valence-corrected chi connectivity index (χ2v) is 7.25. The molecule has 37 heavy (non-hydrogen) atoms. The van der Waals surface area contributed by atoms with E-state index in [2.05, 4.69) is 4.98 Å². The van der Waals surface area contributed by atoms with Gasteiger partial charge in [0.1, 0.15) is 11.6 Å². The number of aromatic nitrogens is 3. The third-order valence-corrected chi connectivity index (χ3v) is 4.81. The molecule has 12 heteroatoms. The van der Waals surface area contributed by atoms with E-state index in [9.17, 15) is 33.6 Å². The Morgan fingerprint density at radius 1 is 0.892 bits per heavy atom. The van der Waals surface area contributed by atoms with Crippen LogP contribution in [0.25, 0.3) is 0 Å². The smallest absolute Gasteiger partial charge is 0.344 e. The Bertz CT molecular complexity index is 1700. The van der Waals surface area contributed by atoms with E-state index < -0.39 is 40.8 Å². The van der Waals surface area contributed by atoms with Crippen LogP contribution >= 0.6 is 0 Å². The van der Waals surface area contributed by atoms with E-state index in [1.165, 1.54) is 42.5 Å². The fraction of sp³-hybridized carbons (Fsp3) is 0. The Balaban J connectivity index is 1.58. The van der Waals surface area contributed by atoms with E-state index in [0.29, 0.717) is 10.8 Å². The highest BCUT2D eigenvalue weighted by Gasteiger charge is 2.19. The van der Waals surface area contributed by atoms with Crippen LogP contribution in [0.2, 0.25) is 0 Å². The molecule has 2 aromatic heterocycles. The average Bonchev–Trinajstić information content (AvgIpc) is 2.91. The van der Waals surface area contributed by atoms with Gasteiger partial charge in [-0.2, -0.15) is 14.6 Å². The van der Waals surface area contributed by atoms with Crippen molar-refractivity contribution in [2.24, 2.45) is 0 Å². The third-order valence-electron chi connectivity index (χ3n) is 4.81. The van der Waals surface area contributed by atoms with Gasteiger partial charge in [-0.25, -0.2) is 19.0 Å². The van der Waals surface area contributed by atoms with Crippen LogP contribution in [0.15, 0.2) is 82.5 Å². The van der Waals surface area contributed by atoms with Crippen LogP contribution in [-0.2, 0) is 0 Å². The maximum absolute atomic E-state index is 13.6. The highest BCUT2D eigenvalue weighted by Crippen LogP contribution is 2.22. The molecule has 182 valence electrons. The number of nitrogens with zero attached hydrogens (tertiary/aromatic N) is 3. The van der Waals surface area contributed by atoms with Crippen LogP contribution in [-0.4, -0.2) is 32.4 Å². The van der Waals surface area contributed by atoms with Crippen molar-refractivity contribution in [1.29, 1.82) is 5.26 Å². The second kappa shape index (κ2) is 10.3. The van der Waals surface area contributed by atoms with E-state index in [4.69, 9.17) is 9.47 Å². The van der Waals surface area contributed by atoms with Gasteiger partial charge in [0.2, 0.25) is 17.6 Å². The molecule has 0 amide bonds. The zero-order valence-electron chi connectivity index (χ0n) is 18.5. The summed E-state index contributed by atoms with van der Waals surface area (Å²) in [6, 6.07) is 17.2. The molecule has 0 unspecified atom stereocenters. The standard InChI is InChI=1S/C25H13FN4O7/c26-18-13-30(25(35)29-20(18)31)22(32)15-7-4-8-16(11-15)24(34)37-21-17(12-27)9-10-19(28-21)36-23(33)14-5-2-1-3-6-14/h1-11,13H,(H,29,31,35). The fourth-order valence-corrected chi connectivity index (χ4v) is 3.03. The van der Waals surface area contributed by atoms with Crippen LogP contribution in [0.1, 0.15) is 36.6 Å². The molecule has 0 fully saturated rings. The number of hydrogen-bond donors (Lipinski definition) is 1. The molecule has 0 bridgehead atoms. The zero-order chi connectivity index (χ0) is 26.5. The summed E-state index contributed by atoms with van der Waals surface area (Å²) in [5.74, 6) is -4.84. The van der Waals surface area contributed by atoms with Gasteiger partial charge < -0.3 is 9.47 Å². The predicted molar refractivity (Wildman–Crippen MR) is 123 cm³/mol. The van der Waals surface area contributed by atoms with Crippen molar-refractivity contribution < 1.29 is 28.2 Å². The first-order valence-corrected chi connectivity index (χ1v) is 10.3. The molecular formula is C25H13FN4O7. The molecule has 0 aliphatic heterocycles. The summed E-state index contributed by atoms with van der Waals surface area (Å²) in [5, 5.41) is 9.34. The lowest BCUT2D eigenvalue weighted by molar-refractivity contribution is 0.0717. The zero-order valence-corrected chi connectivity index (χ0v) is 18.5. The van der Waals surface area contributed by atoms with Gasteiger partial charge in [-0.3, -0.25) is 14.6 Å². The number of carbonyl (C=O) groups is 3. The normalized spacial score (nSPS) is 10.3. The summed E-state index contributed by atoms with van der Waals surface area (Å²) >= 11 is 0. The fourth-order valence-electron chi connectivity index (χ4n) is 3.03. The van der Waals surface area contributed by atoms with Crippen molar-refractivity contribution in [2.75, 3.05) is 0 Å². The predicted octanol–water partition coefficient (Wildman–Crippen LogP) is 2.07. The lowest BCUT2D eigenvalue weighted by Gasteiger charge is -2.09. The quantitative estimate of drug-likeness (QED) is 0.404. The molecule has 0 radical (unpaired) electrons. The summed E-state index contributed by atoms with van der Waals surface area (Å²) in [5.41, 5.74) is -2.74. The third kappa shape index (κ3) is 5.36. The molecule has 0 saturated heterocycles. The van der Waals surface area contributed by atoms with Crippen molar-refractivity contribution in [3.05, 3.63) is 122 Å². The molecule has 0 aliphatic rings. The van der Waals surface area contributed by atoms with Gasteiger partial charge in [-0.15, -0.1) is 0 Å². The van der Waals surface area contributed by atoms with Gasteiger partial charge in [0.25, 0.3) is 11.5 Å². The maximum atomic E-state index is 13.6. The largest absolute Gasteiger partial charge is 0.404 e. The number of halogens is 1. The minimum Gasteiger partial charge on any atom is -0.404 e. The molecule has 11 nitrogen and oxygen atoms in total. The molecule has 1 N–H and O–H groups in total. The molecular weight excluding hydrogens is 487 g/mol. The molecule has 0 spiro atoms. The summed E-state index contributed by atoms with van der Waals surface area (Å²) in [6.45, 7) is 0. The summed E-state index contributed by atoms with van der Waals surface area (Å²) in [4.78, 5) is 66.3. The minimum absolute atomic E-state index is 0.143. The summed E-state index contributed by atoms with van der Waals surface area (Å²) in [7, 11) is 0. The number of ether oxygens (including phenoxy) is 2. The highest BCUT2D eigenvalue weighted by molar-refractivity contribution is 5.99. The van der Waals surface area contributed by atoms with E-state index >= 15 is 0 Å². The maximum Gasteiger partial charge on any atom is 0.344 e. The van der Waals surface area contributed by atoms with Crippen LogP contribution in [0.4, 0.5) is 4.39 Å². The van der Waals surface area contributed by atoms with Gasteiger partial charge in [0.15, 0.2) is 0 Å². The Hall–Kier alpha value is -5.70. The van der Waals surface area contributed by atoms with E-state index in [0.717, 1.165) is 6.07 Å². The Kier molecular flexibility index (Phi) is 6.79. The van der Waals surface area contributed by atoms with Crippen molar-refractivity contribution in [2.45, 2.75) is 0 Å². The number of esters is 2. The summed E-state index contributed by atoms with van der Waals surface area (Å²) in [6.07, 6.45) is 0.430. The molecule has 2 aromatic carbocycles. The average molecular weight is 500 g/mol. The highest BCUT2D eigenvalue weighted by atomic mass is 19.1. The number of carbonyl (C=O) groups excluding carboxylic acids is 3.